The molecule has 1 aliphatic carbocycles. The van der Waals surface area contributed by atoms with E-state index >= 15 is 0 Å². The maximum atomic E-state index is 8.65. The van der Waals surface area contributed by atoms with Gasteiger partial charge < -0.3 is 0 Å². The third-order valence-corrected chi connectivity index (χ3v) is 20.6. The van der Waals surface area contributed by atoms with Gasteiger partial charge in [0.25, 0.3) is 0 Å². The Morgan fingerprint density at radius 3 is 1.60 bits per heavy atom. The number of nitrogens with zero attached hydrogens (tertiary/aromatic N) is 3. The Kier molecular flexibility index (Phi) is 7.99. The van der Waals surface area contributed by atoms with Crippen molar-refractivity contribution >= 4 is 49.1 Å². The molecule has 0 radical (unpaired) electrons. The third kappa shape index (κ3) is 5.08. The Bertz CT molecular complexity index is 2140. The molecule has 0 unspecified atom stereocenters. The van der Waals surface area contributed by atoms with Crippen LogP contribution in [0.25, 0.3) is 5.57 Å². The summed E-state index contributed by atoms with van der Waals surface area (Å²) >= 11 is 0. The second-order valence-corrected chi connectivity index (χ2v) is 26.0. The van der Waals surface area contributed by atoms with Crippen molar-refractivity contribution in [1.82, 2.24) is 4.98 Å². The van der Waals surface area contributed by atoms with Crippen LogP contribution in [0.3, 0.4) is 0 Å². The second-order valence-electron chi connectivity index (χ2n) is 12.7. The fraction of sp³-hybridized carbons (Fsp3) is 0.195. The molecule has 0 bridgehead atoms. The number of aryl methyl sites for hydroxylation is 6. The van der Waals surface area contributed by atoms with Gasteiger partial charge in [0.15, 0.2) is 0 Å². The van der Waals surface area contributed by atoms with Gasteiger partial charge in [-0.1, -0.05) is 0 Å². The van der Waals surface area contributed by atoms with Crippen molar-refractivity contribution in [3.63, 3.8) is 0 Å². The Hall–Kier alpha value is -3.69. The molecule has 5 aromatic rings. The van der Waals surface area contributed by atoms with Gasteiger partial charge >= 0.3 is 289 Å². The zero-order valence-corrected chi connectivity index (χ0v) is 31.0. The fourth-order valence-electron chi connectivity index (χ4n) is 7.56. The maximum absolute atomic E-state index is 8.65. The molecule has 1 aromatic heterocycles. The zero-order valence-electron chi connectivity index (χ0n) is 27.8. The molecular weight excluding hydrogens is 706 g/mol. The van der Waals surface area contributed by atoms with Crippen LogP contribution >= 0.6 is 19.4 Å². The molecule has 0 saturated carbocycles. The van der Waals surface area contributed by atoms with Gasteiger partial charge in [-0.15, -0.1) is 0 Å². The van der Waals surface area contributed by atoms with Gasteiger partial charge in [0.2, 0.25) is 0 Å². The van der Waals surface area contributed by atoms with E-state index in [1.54, 1.807) is 0 Å². The van der Waals surface area contributed by atoms with E-state index in [-0.39, 0.29) is 0 Å². The normalized spacial score (nSPS) is 15.5. The molecular formula is C41H40Cl2N3Ru-5. The summed E-state index contributed by atoms with van der Waals surface area (Å²) in [6.07, 6.45) is 4.10. The van der Waals surface area contributed by atoms with Crippen LogP contribution in [0.4, 0.5) is 11.4 Å². The topological polar surface area (TPSA) is 19.4 Å². The summed E-state index contributed by atoms with van der Waals surface area (Å²) < 4.78 is 2.65. The Morgan fingerprint density at radius 1 is 0.596 bits per heavy atom. The van der Waals surface area contributed by atoms with Gasteiger partial charge in [-0.25, -0.2) is 0 Å². The summed E-state index contributed by atoms with van der Waals surface area (Å²) in [6.45, 7) is 14.6. The predicted molar refractivity (Wildman–Crippen MR) is 201 cm³/mol. The van der Waals surface area contributed by atoms with E-state index in [4.69, 9.17) is 24.4 Å². The quantitative estimate of drug-likeness (QED) is 0.171. The first-order chi connectivity index (χ1) is 22.5. The van der Waals surface area contributed by atoms with Crippen molar-refractivity contribution in [3.05, 3.63) is 159 Å². The summed E-state index contributed by atoms with van der Waals surface area (Å²) in [5.41, 5.74) is 14.1. The average Bonchev–Trinajstić information content (AvgIpc) is 3.65. The minimum atomic E-state index is -5.19. The van der Waals surface area contributed by atoms with Gasteiger partial charge in [0, 0.05) is 0 Å². The Morgan fingerprint density at radius 2 is 1.09 bits per heavy atom. The van der Waals surface area contributed by atoms with Crippen molar-refractivity contribution in [3.8, 4) is 0 Å². The van der Waals surface area contributed by atoms with Crippen LogP contribution in [0, 0.1) is 41.5 Å². The van der Waals surface area contributed by atoms with Crippen LogP contribution in [0.2, 0.25) is 0 Å². The SMILES string of the molecule is Cc1cc(C)c(N2CCN(c3c(C)cc(C)cc3C)[C]2=[Ru-5]([Cl])([Cl])(=[C]2C=C(c3ccccc3)c3ccccc32)[c]2ccccn2)c(C)c1. The first kappa shape index (κ1) is 31.9. The number of halogens is 2. The number of rotatable bonds is 4. The molecule has 1 fully saturated rings. The third-order valence-electron chi connectivity index (χ3n) is 9.16. The van der Waals surface area contributed by atoms with E-state index < -0.39 is 10.7 Å². The number of hydrogen-bond acceptors (Lipinski definition) is 3. The molecule has 1 saturated heterocycles. The van der Waals surface area contributed by atoms with Crippen LogP contribution < -0.4 is 14.1 Å². The van der Waals surface area contributed by atoms with E-state index in [0.29, 0.717) is 0 Å². The van der Waals surface area contributed by atoms with Crippen LogP contribution in [0.5, 0.6) is 0 Å². The number of allylic oxidation sites excluding steroid dienone is 1. The number of aromatic nitrogens is 1. The average molecular weight is 747 g/mol. The molecule has 47 heavy (non-hydrogen) atoms. The van der Waals surface area contributed by atoms with Crippen molar-refractivity contribution in [2.75, 3.05) is 22.9 Å². The van der Waals surface area contributed by atoms with Crippen molar-refractivity contribution in [2.45, 2.75) is 41.5 Å². The van der Waals surface area contributed by atoms with Crippen molar-refractivity contribution < 1.29 is 10.7 Å². The molecule has 4 aromatic carbocycles. The number of fused-ring (bicyclic) bond motifs is 1. The van der Waals surface area contributed by atoms with Crippen molar-refractivity contribution in [1.29, 1.82) is 0 Å². The summed E-state index contributed by atoms with van der Waals surface area (Å²) in [5, 5.41) is 0. The molecule has 2 aliphatic rings. The van der Waals surface area contributed by atoms with Crippen LogP contribution in [-0.4, -0.2) is 26.5 Å². The summed E-state index contributed by atoms with van der Waals surface area (Å²) in [5.74, 6) is 0. The molecule has 2 heterocycles. The van der Waals surface area contributed by atoms with Gasteiger partial charge in [-0.05, 0) is 0 Å². The molecule has 0 amide bonds. The second kappa shape index (κ2) is 11.8. The summed E-state index contributed by atoms with van der Waals surface area (Å²) in [6, 6.07) is 34.2. The minimum absolute atomic E-state index is 0.736. The molecule has 3 nitrogen and oxygen atoms in total. The number of pyridine rings is 1. The van der Waals surface area contributed by atoms with Gasteiger partial charge in [-0.2, -0.15) is 0 Å². The van der Waals surface area contributed by atoms with E-state index in [1.165, 1.54) is 44.8 Å². The first-order valence-electron chi connectivity index (χ1n) is 16.0. The molecule has 0 spiro atoms. The summed E-state index contributed by atoms with van der Waals surface area (Å²) in [7, 11) is 12.1. The van der Waals surface area contributed by atoms with E-state index in [1.807, 2.05) is 24.4 Å². The molecule has 7 rings (SSSR count). The van der Waals surface area contributed by atoms with Gasteiger partial charge in [0.1, 0.15) is 0 Å². The standard InChI is InChI=1S/C21H26N2.C15H10.C5H4N.2ClH.Ru/c1-14-9-16(3)20(17(4)10-14)22-7-8-23(13-22)21-18(5)11-15(2)12-19(21)6;1-2-6-12(7-3-1)15-11-10-13-8-4-5-9-14(13)15;1-2-4-6-5-3-1;;;/h9-12H,7-8H2,1-6H3;1-9,11H;1-4H;2*1H;/q;;;;;-3/p-2. The fourth-order valence-corrected chi connectivity index (χ4v) is 18.3. The molecule has 6 heteroatoms. The number of hydrogen-bond donors (Lipinski definition) is 0. The predicted octanol–water partition coefficient (Wildman–Crippen LogP) is 9.33. The summed E-state index contributed by atoms with van der Waals surface area (Å²) in [4.78, 5) is 9.92. The first-order valence-corrected chi connectivity index (χ1v) is 23.1. The zero-order chi connectivity index (χ0) is 33.1. The molecule has 246 valence electrons. The molecule has 0 N–H and O–H groups in total. The van der Waals surface area contributed by atoms with Crippen molar-refractivity contribution in [2.24, 2.45) is 0 Å². The van der Waals surface area contributed by atoms with E-state index in [9.17, 15) is 0 Å². The molecule has 0 atom stereocenters. The van der Waals surface area contributed by atoms with Crippen LogP contribution in [0.1, 0.15) is 50.1 Å². The van der Waals surface area contributed by atoms with E-state index in [2.05, 4.69) is 136 Å². The Balaban J connectivity index is 1.75. The Labute approximate surface area is 287 Å². The van der Waals surface area contributed by atoms with Gasteiger partial charge in [-0.3, -0.25) is 0 Å². The number of anilines is 2. The van der Waals surface area contributed by atoms with Crippen LogP contribution in [0.15, 0.2) is 109 Å². The molecule has 1 aliphatic heterocycles. The monoisotopic (exact) mass is 746 g/mol. The number of benzene rings is 4. The van der Waals surface area contributed by atoms with E-state index in [0.717, 1.165) is 48.1 Å². The van der Waals surface area contributed by atoms with Gasteiger partial charge in [0.05, 0.1) is 0 Å². The van der Waals surface area contributed by atoms with Crippen LogP contribution in [-0.2, 0) is 10.7 Å².